The summed E-state index contributed by atoms with van der Waals surface area (Å²) in [5.41, 5.74) is 0. The molecule has 0 saturated carbocycles. The molecule has 3 N–H and O–H groups in total. The summed E-state index contributed by atoms with van der Waals surface area (Å²) in [6.07, 6.45) is 5.83. The van der Waals surface area contributed by atoms with Crippen LogP contribution in [0.15, 0.2) is 0 Å². The summed E-state index contributed by atoms with van der Waals surface area (Å²) in [6.45, 7) is 9.36. The second kappa shape index (κ2) is 18.8. The first-order valence-electron chi connectivity index (χ1n) is 10.1. The van der Waals surface area contributed by atoms with Crippen molar-refractivity contribution in [2.75, 3.05) is 24.0 Å². The van der Waals surface area contributed by atoms with Gasteiger partial charge in [0.15, 0.2) is 5.78 Å². The highest BCUT2D eigenvalue weighted by Crippen LogP contribution is 2.09. The van der Waals surface area contributed by atoms with Crippen LogP contribution in [-0.2, 0) is 19.2 Å². The first kappa shape index (κ1) is 30.0. The molecule has 0 aromatic heterocycles. The van der Waals surface area contributed by atoms with Gasteiger partial charge in [-0.25, -0.2) is 0 Å². The number of hydrogen-bond acceptors (Lipinski definition) is 6. The Balaban J connectivity index is 0. The van der Waals surface area contributed by atoms with Gasteiger partial charge in [0.2, 0.25) is 18.2 Å². The van der Waals surface area contributed by atoms with Crippen molar-refractivity contribution >= 4 is 47.5 Å². The molecule has 29 heavy (non-hydrogen) atoms. The van der Waals surface area contributed by atoms with Crippen LogP contribution in [0.3, 0.4) is 0 Å². The van der Waals surface area contributed by atoms with Crippen LogP contribution in [0, 0.1) is 5.92 Å². The third kappa shape index (κ3) is 14.4. The van der Waals surface area contributed by atoms with Gasteiger partial charge in [-0.05, 0) is 56.1 Å². The highest BCUT2D eigenvalue weighted by molar-refractivity contribution is 7.98. The largest absolute Gasteiger partial charge is 0.347 e. The number of carbonyl (C=O) groups is 4. The van der Waals surface area contributed by atoms with E-state index in [1.54, 1.807) is 23.5 Å². The van der Waals surface area contributed by atoms with Crippen LogP contribution in [0.4, 0.5) is 0 Å². The van der Waals surface area contributed by atoms with Crippen LogP contribution >= 0.6 is 23.5 Å². The summed E-state index contributed by atoms with van der Waals surface area (Å²) in [4.78, 5) is 47.8. The lowest BCUT2D eigenvalue weighted by Crippen LogP contribution is -2.55. The predicted molar refractivity (Wildman–Crippen MR) is 124 cm³/mol. The fourth-order valence-electron chi connectivity index (χ4n) is 2.47. The number of thioether (sulfide) groups is 2. The lowest BCUT2D eigenvalue weighted by Gasteiger charge is -2.25. The Bertz CT molecular complexity index is 490. The van der Waals surface area contributed by atoms with Crippen molar-refractivity contribution in [1.29, 1.82) is 0 Å². The SMILES string of the molecule is CC.CSCCC(NC(=O)C(CC(C)C)NC(=O)C(CCSC)NC=O)C(C)=O. The number of nitrogens with one attached hydrogen (secondary N) is 3. The molecule has 0 aliphatic carbocycles. The topological polar surface area (TPSA) is 104 Å². The lowest BCUT2D eigenvalue weighted by molar-refractivity contribution is -0.132. The van der Waals surface area contributed by atoms with Gasteiger partial charge in [0.05, 0.1) is 6.04 Å². The Morgan fingerprint density at radius 1 is 0.862 bits per heavy atom. The number of rotatable bonds is 15. The molecule has 170 valence electrons. The van der Waals surface area contributed by atoms with Crippen LogP contribution in [0.2, 0.25) is 0 Å². The zero-order valence-electron chi connectivity index (χ0n) is 18.9. The van der Waals surface area contributed by atoms with Gasteiger partial charge in [0, 0.05) is 0 Å². The van der Waals surface area contributed by atoms with E-state index >= 15 is 0 Å². The second-order valence-corrected chi connectivity index (χ2v) is 8.73. The molecule has 3 amide bonds. The number of ketones is 1. The van der Waals surface area contributed by atoms with Gasteiger partial charge in [-0.3, -0.25) is 19.2 Å². The highest BCUT2D eigenvalue weighted by Gasteiger charge is 2.28. The molecule has 7 nitrogen and oxygen atoms in total. The zero-order valence-corrected chi connectivity index (χ0v) is 20.5. The first-order chi connectivity index (χ1) is 13.8. The van der Waals surface area contributed by atoms with Gasteiger partial charge in [-0.15, -0.1) is 0 Å². The van der Waals surface area contributed by atoms with Gasteiger partial charge < -0.3 is 16.0 Å². The van der Waals surface area contributed by atoms with E-state index in [2.05, 4.69) is 16.0 Å². The minimum Gasteiger partial charge on any atom is -0.347 e. The molecule has 0 aliphatic rings. The average molecular weight is 450 g/mol. The van der Waals surface area contributed by atoms with Crippen LogP contribution in [0.5, 0.6) is 0 Å². The van der Waals surface area contributed by atoms with Crippen LogP contribution in [0.25, 0.3) is 0 Å². The summed E-state index contributed by atoms with van der Waals surface area (Å²) in [6, 6.07) is -1.99. The second-order valence-electron chi connectivity index (χ2n) is 6.76. The molecule has 9 heteroatoms. The quantitative estimate of drug-likeness (QED) is 0.331. The van der Waals surface area contributed by atoms with Crippen molar-refractivity contribution in [2.45, 2.75) is 72.0 Å². The average Bonchev–Trinajstić information content (AvgIpc) is 2.68. The molecule has 0 aliphatic heterocycles. The van der Waals surface area contributed by atoms with E-state index in [0.717, 1.165) is 5.75 Å². The minimum atomic E-state index is -0.751. The van der Waals surface area contributed by atoms with E-state index in [1.165, 1.54) is 6.92 Å². The van der Waals surface area contributed by atoms with Gasteiger partial charge >= 0.3 is 0 Å². The van der Waals surface area contributed by atoms with Gasteiger partial charge in [-0.2, -0.15) is 23.5 Å². The Morgan fingerprint density at radius 2 is 1.31 bits per heavy atom. The molecule has 0 saturated heterocycles. The summed E-state index contributed by atoms with van der Waals surface area (Å²) in [5, 5.41) is 8.02. The Kier molecular flexibility index (Phi) is 19.4. The van der Waals surface area contributed by atoms with E-state index in [9.17, 15) is 19.2 Å². The van der Waals surface area contributed by atoms with E-state index < -0.39 is 18.1 Å². The van der Waals surface area contributed by atoms with Gasteiger partial charge in [0.25, 0.3) is 0 Å². The smallest absolute Gasteiger partial charge is 0.243 e. The summed E-state index contributed by atoms with van der Waals surface area (Å²) in [7, 11) is 0. The standard InChI is InChI=1S/C18H33N3O4S2.C2H6/c1-12(2)10-16(18(25)20-14(13(3)23)6-8-26-4)21-17(24)15(19-11-22)7-9-27-5;1-2/h11-12,14-16H,6-10H2,1-5H3,(H,19,22)(H,20,25)(H,21,24);1-2H3. The van der Waals surface area contributed by atoms with Crippen molar-refractivity contribution in [1.82, 2.24) is 16.0 Å². The molecule has 0 heterocycles. The molecular formula is C20H39N3O4S2. The third-order valence-corrected chi connectivity index (χ3v) is 5.24. The van der Waals surface area contributed by atoms with E-state index in [0.29, 0.717) is 31.4 Å². The maximum atomic E-state index is 12.7. The lowest BCUT2D eigenvalue weighted by atomic mass is 10.0. The van der Waals surface area contributed by atoms with Crippen molar-refractivity contribution < 1.29 is 19.2 Å². The predicted octanol–water partition coefficient (Wildman–Crippen LogP) is 2.24. The van der Waals surface area contributed by atoms with Crippen molar-refractivity contribution in [2.24, 2.45) is 5.92 Å². The highest BCUT2D eigenvalue weighted by atomic mass is 32.2. The molecule has 0 aromatic carbocycles. The van der Waals surface area contributed by atoms with Gasteiger partial charge in [0.1, 0.15) is 12.1 Å². The van der Waals surface area contributed by atoms with E-state index in [-0.39, 0.29) is 23.5 Å². The van der Waals surface area contributed by atoms with E-state index in [4.69, 9.17) is 0 Å². The van der Waals surface area contributed by atoms with Gasteiger partial charge in [-0.1, -0.05) is 27.7 Å². The van der Waals surface area contributed by atoms with Crippen molar-refractivity contribution in [3.05, 3.63) is 0 Å². The maximum Gasteiger partial charge on any atom is 0.243 e. The molecule has 0 radical (unpaired) electrons. The zero-order chi connectivity index (χ0) is 22.8. The Hall–Kier alpha value is -1.22. The molecule has 0 fully saturated rings. The summed E-state index contributed by atoms with van der Waals surface area (Å²) >= 11 is 3.18. The molecule has 3 atom stereocenters. The van der Waals surface area contributed by atoms with Crippen molar-refractivity contribution in [3.8, 4) is 0 Å². The number of Topliss-reactive ketones (excluding diaryl/α,β-unsaturated/α-hetero) is 1. The number of amides is 3. The molecule has 0 bridgehead atoms. The maximum absolute atomic E-state index is 12.7. The number of hydrogen-bond donors (Lipinski definition) is 3. The Labute approximate surface area is 184 Å². The molecule has 0 spiro atoms. The fraction of sp³-hybridized carbons (Fsp3) is 0.800. The monoisotopic (exact) mass is 449 g/mol. The van der Waals surface area contributed by atoms with Crippen LogP contribution in [-0.4, -0.2) is 66.2 Å². The summed E-state index contributed by atoms with van der Waals surface area (Å²) < 4.78 is 0. The molecule has 0 aromatic rings. The van der Waals surface area contributed by atoms with E-state index in [1.807, 2.05) is 40.2 Å². The Morgan fingerprint density at radius 3 is 1.72 bits per heavy atom. The minimum absolute atomic E-state index is 0.104. The molecular weight excluding hydrogens is 410 g/mol. The fourth-order valence-corrected chi connectivity index (χ4v) is 3.41. The first-order valence-corrected chi connectivity index (χ1v) is 12.8. The molecule has 0 rings (SSSR count). The van der Waals surface area contributed by atoms with Crippen molar-refractivity contribution in [3.63, 3.8) is 0 Å². The van der Waals surface area contributed by atoms with Crippen LogP contribution < -0.4 is 16.0 Å². The summed E-state index contributed by atoms with van der Waals surface area (Å²) in [5.74, 6) is 0.778. The third-order valence-electron chi connectivity index (χ3n) is 3.95. The normalized spacial score (nSPS) is 13.4. The van der Waals surface area contributed by atoms with Crippen LogP contribution in [0.1, 0.15) is 53.9 Å². The number of carbonyl (C=O) groups excluding carboxylic acids is 4. The molecule has 3 unspecified atom stereocenters.